The third-order valence-corrected chi connectivity index (χ3v) is 4.99. The molecule has 0 saturated carbocycles. The highest BCUT2D eigenvalue weighted by molar-refractivity contribution is 7.14. The van der Waals surface area contributed by atoms with E-state index >= 15 is 0 Å². The summed E-state index contributed by atoms with van der Waals surface area (Å²) < 4.78 is 0. The molecule has 6 nitrogen and oxygen atoms in total. The molecule has 1 fully saturated rings. The Balaban J connectivity index is 1.76. The van der Waals surface area contributed by atoms with Gasteiger partial charge in [0.1, 0.15) is 5.54 Å². The summed E-state index contributed by atoms with van der Waals surface area (Å²) in [5.41, 5.74) is 0.298. The van der Waals surface area contributed by atoms with Gasteiger partial charge in [0.2, 0.25) is 11.8 Å². The molecule has 0 aromatic carbocycles. The van der Waals surface area contributed by atoms with Crippen LogP contribution in [0.15, 0.2) is 5.38 Å². The fraction of sp³-hybridized carbons (Fsp3) is 0.571. The largest absolute Gasteiger partial charge is 0.403 e. The standard InChI is InChI=1S/C14H19N3O3S/c1-3-6-15-12-9-7-17(20-10(9)8-21-12)14(2)5-4-11(18)16-13(14)19/h8,15H,3-7H2,1-2H3,(H,16,18,19). The molecule has 1 unspecified atom stereocenters. The molecule has 2 amide bonds. The molecule has 1 atom stereocenters. The number of hydroxylamine groups is 2. The maximum Gasteiger partial charge on any atom is 0.250 e. The monoisotopic (exact) mass is 309 g/mol. The van der Waals surface area contributed by atoms with Crippen LogP contribution in [-0.2, 0) is 16.1 Å². The smallest absolute Gasteiger partial charge is 0.250 e. The third-order valence-electron chi connectivity index (χ3n) is 4.03. The first-order valence-corrected chi connectivity index (χ1v) is 8.06. The molecule has 2 aliphatic rings. The average Bonchev–Trinajstić information content (AvgIpc) is 3.02. The number of nitrogens with one attached hydrogen (secondary N) is 2. The molecule has 7 heteroatoms. The van der Waals surface area contributed by atoms with Gasteiger partial charge in [-0.25, -0.2) is 0 Å². The number of carbonyl (C=O) groups is 2. The Bertz CT molecular complexity index is 586. The second-order valence-electron chi connectivity index (χ2n) is 5.61. The molecule has 1 saturated heterocycles. The topological polar surface area (TPSA) is 70.7 Å². The zero-order valence-electron chi connectivity index (χ0n) is 12.2. The van der Waals surface area contributed by atoms with Crippen molar-refractivity contribution < 1.29 is 14.4 Å². The molecule has 0 spiro atoms. The molecule has 3 rings (SSSR count). The van der Waals surface area contributed by atoms with E-state index in [4.69, 9.17) is 4.84 Å². The van der Waals surface area contributed by atoms with E-state index in [1.807, 2.05) is 12.3 Å². The molecule has 0 aliphatic carbocycles. The zero-order valence-corrected chi connectivity index (χ0v) is 13.0. The quantitative estimate of drug-likeness (QED) is 0.831. The minimum absolute atomic E-state index is 0.212. The summed E-state index contributed by atoms with van der Waals surface area (Å²) in [5.74, 6) is 0.316. The van der Waals surface area contributed by atoms with Gasteiger partial charge in [-0.05, 0) is 19.8 Å². The molecule has 2 aliphatic heterocycles. The van der Waals surface area contributed by atoms with Gasteiger partial charge >= 0.3 is 0 Å². The number of hydrogen-bond acceptors (Lipinski definition) is 6. The van der Waals surface area contributed by atoms with Crippen molar-refractivity contribution in [2.75, 3.05) is 11.9 Å². The fourth-order valence-corrected chi connectivity index (χ4v) is 3.48. The Morgan fingerprint density at radius 1 is 1.52 bits per heavy atom. The summed E-state index contributed by atoms with van der Waals surface area (Å²) in [6.45, 7) is 5.42. The molecule has 114 valence electrons. The van der Waals surface area contributed by atoms with E-state index in [2.05, 4.69) is 17.6 Å². The second-order valence-corrected chi connectivity index (χ2v) is 6.49. The molecule has 1 aromatic heterocycles. The second kappa shape index (κ2) is 5.31. The lowest BCUT2D eigenvalue weighted by molar-refractivity contribution is -0.169. The number of hydrogen-bond donors (Lipinski definition) is 2. The first-order chi connectivity index (χ1) is 10.0. The van der Waals surface area contributed by atoms with Gasteiger partial charge < -0.3 is 10.2 Å². The number of piperidine rings is 1. The molecule has 0 bridgehead atoms. The minimum Gasteiger partial charge on any atom is -0.403 e. The van der Waals surface area contributed by atoms with Gasteiger partial charge in [0, 0.05) is 23.9 Å². The van der Waals surface area contributed by atoms with E-state index in [9.17, 15) is 9.59 Å². The first-order valence-electron chi connectivity index (χ1n) is 7.18. The van der Waals surface area contributed by atoms with Crippen molar-refractivity contribution in [2.45, 2.75) is 45.2 Å². The number of carbonyl (C=O) groups excluding carboxylic acids is 2. The van der Waals surface area contributed by atoms with E-state index < -0.39 is 5.54 Å². The van der Waals surface area contributed by atoms with Crippen molar-refractivity contribution in [3.05, 3.63) is 10.9 Å². The predicted molar refractivity (Wildman–Crippen MR) is 80.1 cm³/mol. The summed E-state index contributed by atoms with van der Waals surface area (Å²) in [6.07, 6.45) is 1.87. The maximum absolute atomic E-state index is 12.2. The van der Waals surface area contributed by atoms with Crippen molar-refractivity contribution >= 4 is 28.2 Å². The van der Waals surface area contributed by atoms with E-state index in [1.165, 1.54) is 0 Å². The molecular weight excluding hydrogens is 290 g/mol. The predicted octanol–water partition coefficient (Wildman–Crippen LogP) is 1.87. The van der Waals surface area contributed by atoms with Crippen molar-refractivity contribution in [3.63, 3.8) is 0 Å². The summed E-state index contributed by atoms with van der Waals surface area (Å²) in [6, 6.07) is 0. The summed E-state index contributed by atoms with van der Waals surface area (Å²) >= 11 is 1.62. The van der Waals surface area contributed by atoms with E-state index in [-0.39, 0.29) is 11.8 Å². The van der Waals surface area contributed by atoms with Crippen molar-refractivity contribution in [2.24, 2.45) is 0 Å². The fourth-order valence-electron chi connectivity index (χ4n) is 2.58. The van der Waals surface area contributed by atoms with Gasteiger partial charge in [-0.1, -0.05) is 6.92 Å². The van der Waals surface area contributed by atoms with Gasteiger partial charge in [0.05, 0.1) is 11.5 Å². The van der Waals surface area contributed by atoms with Crippen LogP contribution in [0.1, 0.15) is 38.7 Å². The molecule has 2 N–H and O–H groups in total. The minimum atomic E-state index is -0.799. The number of rotatable bonds is 4. The van der Waals surface area contributed by atoms with E-state index in [1.54, 1.807) is 16.4 Å². The van der Waals surface area contributed by atoms with Crippen LogP contribution >= 0.6 is 11.3 Å². The number of nitrogens with zero attached hydrogens (tertiary/aromatic N) is 1. The lowest BCUT2D eigenvalue weighted by Crippen LogP contribution is -2.60. The number of amides is 2. The Labute approximate surface area is 127 Å². The van der Waals surface area contributed by atoms with Crippen LogP contribution in [-0.4, -0.2) is 29.0 Å². The van der Waals surface area contributed by atoms with Gasteiger partial charge in [-0.3, -0.25) is 14.9 Å². The third kappa shape index (κ3) is 2.40. The van der Waals surface area contributed by atoms with Gasteiger partial charge in [0.15, 0.2) is 5.75 Å². The van der Waals surface area contributed by atoms with Gasteiger partial charge in [-0.2, -0.15) is 0 Å². The summed E-state index contributed by atoms with van der Waals surface area (Å²) in [5, 5.41) is 10.5. The van der Waals surface area contributed by atoms with Crippen LogP contribution in [0.4, 0.5) is 5.00 Å². The highest BCUT2D eigenvalue weighted by Gasteiger charge is 2.48. The van der Waals surface area contributed by atoms with Crippen LogP contribution < -0.4 is 15.5 Å². The molecule has 3 heterocycles. The number of anilines is 1. The first kappa shape index (κ1) is 14.3. The summed E-state index contributed by atoms with van der Waals surface area (Å²) in [7, 11) is 0. The number of thiophene rings is 1. The number of imide groups is 1. The maximum atomic E-state index is 12.2. The van der Waals surface area contributed by atoms with Gasteiger partial charge in [-0.15, -0.1) is 16.4 Å². The Hall–Kier alpha value is -1.60. The van der Waals surface area contributed by atoms with Gasteiger partial charge in [0.25, 0.3) is 0 Å². The molecule has 0 radical (unpaired) electrons. The highest BCUT2D eigenvalue weighted by atomic mass is 32.1. The molecule has 21 heavy (non-hydrogen) atoms. The molecule has 1 aromatic rings. The van der Waals surface area contributed by atoms with Crippen LogP contribution in [0.3, 0.4) is 0 Å². The van der Waals surface area contributed by atoms with E-state index in [0.717, 1.165) is 29.3 Å². The van der Waals surface area contributed by atoms with Crippen LogP contribution in [0.25, 0.3) is 0 Å². The zero-order chi connectivity index (χ0) is 15.0. The lowest BCUT2D eigenvalue weighted by atomic mass is 9.90. The Morgan fingerprint density at radius 2 is 2.33 bits per heavy atom. The van der Waals surface area contributed by atoms with Crippen molar-refractivity contribution in [1.82, 2.24) is 10.4 Å². The van der Waals surface area contributed by atoms with E-state index in [0.29, 0.717) is 19.4 Å². The van der Waals surface area contributed by atoms with Crippen LogP contribution in [0.2, 0.25) is 0 Å². The van der Waals surface area contributed by atoms with Crippen LogP contribution in [0.5, 0.6) is 5.75 Å². The lowest BCUT2D eigenvalue weighted by Gasteiger charge is -2.37. The summed E-state index contributed by atoms with van der Waals surface area (Å²) in [4.78, 5) is 29.3. The Morgan fingerprint density at radius 3 is 3.05 bits per heavy atom. The average molecular weight is 309 g/mol. The Kier molecular flexibility index (Phi) is 3.62. The van der Waals surface area contributed by atoms with Crippen molar-refractivity contribution in [1.29, 1.82) is 0 Å². The normalized spacial score (nSPS) is 25.4. The number of fused-ring (bicyclic) bond motifs is 1. The molecular formula is C14H19N3O3S. The highest BCUT2D eigenvalue weighted by Crippen LogP contribution is 2.43. The SMILES string of the molecule is CCCNc1scc2c1CN(C1(C)CCC(=O)NC1=O)O2. The van der Waals surface area contributed by atoms with Crippen molar-refractivity contribution in [3.8, 4) is 5.75 Å². The van der Waals surface area contributed by atoms with Crippen LogP contribution in [0, 0.1) is 0 Å².